The first-order valence-electron chi connectivity index (χ1n) is 5.82. The van der Waals surface area contributed by atoms with E-state index in [1.807, 2.05) is 12.3 Å². The molecular formula is C14H16INO. The second-order valence-corrected chi connectivity index (χ2v) is 5.24. The molecular weight excluding hydrogens is 325 g/mol. The summed E-state index contributed by atoms with van der Waals surface area (Å²) >= 11 is 2.34. The van der Waals surface area contributed by atoms with Gasteiger partial charge in [0.05, 0.1) is 18.6 Å². The van der Waals surface area contributed by atoms with Crippen LogP contribution in [0.3, 0.4) is 0 Å². The highest BCUT2D eigenvalue weighted by atomic mass is 127. The van der Waals surface area contributed by atoms with E-state index in [1.54, 1.807) is 6.26 Å². The number of hydrogen-bond acceptors (Lipinski definition) is 2. The topological polar surface area (TPSA) is 25.2 Å². The number of rotatable bonds is 5. The summed E-state index contributed by atoms with van der Waals surface area (Å²) in [7, 11) is 0. The number of nitrogens with one attached hydrogen (secondary N) is 1. The van der Waals surface area contributed by atoms with Crippen molar-refractivity contribution < 1.29 is 4.42 Å². The summed E-state index contributed by atoms with van der Waals surface area (Å²) in [5, 5.41) is 3.55. The first-order chi connectivity index (χ1) is 8.31. The van der Waals surface area contributed by atoms with E-state index < -0.39 is 0 Å². The van der Waals surface area contributed by atoms with E-state index in [0.29, 0.717) is 0 Å². The molecule has 1 aromatic heterocycles. The van der Waals surface area contributed by atoms with Crippen molar-refractivity contribution in [3.8, 4) is 0 Å². The number of halogens is 1. The van der Waals surface area contributed by atoms with Crippen LogP contribution in [0.5, 0.6) is 0 Å². The normalized spacial score (nSPS) is 12.6. The van der Waals surface area contributed by atoms with E-state index in [4.69, 9.17) is 4.42 Å². The maximum Gasteiger partial charge on any atom is 0.0953 e. The summed E-state index contributed by atoms with van der Waals surface area (Å²) in [5.41, 5.74) is 2.47. The lowest BCUT2D eigenvalue weighted by molar-refractivity contribution is 0.548. The molecule has 2 aromatic rings. The van der Waals surface area contributed by atoms with Crippen molar-refractivity contribution >= 4 is 22.6 Å². The standard InChI is InChI=1S/C14H16INO/c1-2-7-16-14(12-6-8-17-10-12)11-4-3-5-13(15)9-11/h3-6,8-10,14,16H,2,7H2,1H3. The number of hydrogen-bond donors (Lipinski definition) is 1. The Hall–Kier alpha value is -0.810. The molecule has 1 unspecified atom stereocenters. The van der Waals surface area contributed by atoms with Gasteiger partial charge < -0.3 is 9.73 Å². The van der Waals surface area contributed by atoms with Gasteiger partial charge in [-0.3, -0.25) is 0 Å². The van der Waals surface area contributed by atoms with Gasteiger partial charge in [-0.2, -0.15) is 0 Å². The van der Waals surface area contributed by atoms with Gasteiger partial charge in [0.25, 0.3) is 0 Å². The lowest BCUT2D eigenvalue weighted by atomic mass is 10.0. The predicted molar refractivity (Wildman–Crippen MR) is 78.0 cm³/mol. The summed E-state index contributed by atoms with van der Waals surface area (Å²) in [6, 6.07) is 10.8. The van der Waals surface area contributed by atoms with E-state index in [1.165, 1.54) is 14.7 Å². The second-order valence-electron chi connectivity index (χ2n) is 4.00. The van der Waals surface area contributed by atoms with E-state index >= 15 is 0 Å². The van der Waals surface area contributed by atoms with Crippen LogP contribution in [0.2, 0.25) is 0 Å². The van der Waals surface area contributed by atoms with Gasteiger partial charge >= 0.3 is 0 Å². The Bertz CT molecular complexity index is 453. The van der Waals surface area contributed by atoms with Crippen LogP contribution in [-0.2, 0) is 0 Å². The van der Waals surface area contributed by atoms with Crippen molar-refractivity contribution in [1.82, 2.24) is 5.32 Å². The number of furan rings is 1. The second kappa shape index (κ2) is 6.21. The van der Waals surface area contributed by atoms with Gasteiger partial charge in [-0.1, -0.05) is 19.1 Å². The van der Waals surface area contributed by atoms with Gasteiger partial charge in [0, 0.05) is 9.13 Å². The molecule has 1 heterocycles. The molecule has 2 rings (SSSR count). The van der Waals surface area contributed by atoms with Crippen molar-refractivity contribution in [2.45, 2.75) is 19.4 Å². The highest BCUT2D eigenvalue weighted by Gasteiger charge is 2.14. The molecule has 0 radical (unpaired) electrons. The Morgan fingerprint density at radius 1 is 1.29 bits per heavy atom. The van der Waals surface area contributed by atoms with Crippen LogP contribution in [0.25, 0.3) is 0 Å². The van der Waals surface area contributed by atoms with Gasteiger partial charge in [-0.15, -0.1) is 0 Å². The Balaban J connectivity index is 2.27. The van der Waals surface area contributed by atoms with Gasteiger partial charge in [-0.05, 0) is 59.3 Å². The van der Waals surface area contributed by atoms with Gasteiger partial charge in [0.2, 0.25) is 0 Å². The minimum absolute atomic E-state index is 0.225. The molecule has 3 heteroatoms. The van der Waals surface area contributed by atoms with Crippen molar-refractivity contribution in [2.75, 3.05) is 6.54 Å². The van der Waals surface area contributed by atoms with E-state index in [9.17, 15) is 0 Å². The summed E-state index contributed by atoms with van der Waals surface area (Å²) in [6.07, 6.45) is 4.66. The molecule has 2 nitrogen and oxygen atoms in total. The minimum atomic E-state index is 0.225. The van der Waals surface area contributed by atoms with Gasteiger partial charge in [-0.25, -0.2) is 0 Å². The highest BCUT2D eigenvalue weighted by molar-refractivity contribution is 14.1. The van der Waals surface area contributed by atoms with Crippen molar-refractivity contribution in [2.24, 2.45) is 0 Å². The van der Waals surface area contributed by atoms with E-state index in [-0.39, 0.29) is 6.04 Å². The zero-order chi connectivity index (χ0) is 12.1. The fraction of sp³-hybridized carbons (Fsp3) is 0.286. The minimum Gasteiger partial charge on any atom is -0.472 e. The molecule has 0 spiro atoms. The zero-order valence-electron chi connectivity index (χ0n) is 9.82. The van der Waals surface area contributed by atoms with E-state index in [2.05, 4.69) is 59.1 Å². The zero-order valence-corrected chi connectivity index (χ0v) is 12.0. The van der Waals surface area contributed by atoms with Crippen LogP contribution in [0, 0.1) is 3.57 Å². The SMILES string of the molecule is CCCNC(c1ccoc1)c1cccc(I)c1. The quantitative estimate of drug-likeness (QED) is 0.833. The molecule has 0 amide bonds. The highest BCUT2D eigenvalue weighted by Crippen LogP contribution is 2.23. The van der Waals surface area contributed by atoms with Gasteiger partial charge in [0.15, 0.2) is 0 Å². The molecule has 90 valence electrons. The predicted octanol–water partition coefficient (Wildman–Crippen LogP) is 3.97. The summed E-state index contributed by atoms with van der Waals surface area (Å²) in [6.45, 7) is 3.18. The molecule has 0 saturated carbocycles. The molecule has 0 aliphatic heterocycles. The average molecular weight is 341 g/mol. The molecule has 0 fully saturated rings. The first kappa shape index (κ1) is 12.6. The largest absolute Gasteiger partial charge is 0.472 e. The Morgan fingerprint density at radius 3 is 2.82 bits per heavy atom. The van der Waals surface area contributed by atoms with Gasteiger partial charge in [0.1, 0.15) is 0 Å². The first-order valence-corrected chi connectivity index (χ1v) is 6.90. The van der Waals surface area contributed by atoms with Crippen LogP contribution in [0.4, 0.5) is 0 Å². The molecule has 0 aliphatic rings. The molecule has 0 saturated heterocycles. The fourth-order valence-corrected chi connectivity index (χ4v) is 2.41. The molecule has 1 N–H and O–H groups in total. The molecule has 17 heavy (non-hydrogen) atoms. The third-order valence-corrected chi connectivity index (χ3v) is 3.33. The third kappa shape index (κ3) is 3.33. The monoisotopic (exact) mass is 341 g/mol. The Labute approximate surface area is 116 Å². The lowest BCUT2D eigenvalue weighted by Crippen LogP contribution is -2.22. The molecule has 0 aliphatic carbocycles. The fourth-order valence-electron chi connectivity index (χ4n) is 1.84. The van der Waals surface area contributed by atoms with Crippen LogP contribution in [-0.4, -0.2) is 6.54 Å². The van der Waals surface area contributed by atoms with Crippen LogP contribution in [0.15, 0.2) is 47.3 Å². The van der Waals surface area contributed by atoms with Crippen molar-refractivity contribution in [3.05, 3.63) is 57.6 Å². The van der Waals surface area contributed by atoms with Crippen LogP contribution < -0.4 is 5.32 Å². The summed E-state index contributed by atoms with van der Waals surface area (Å²) < 4.78 is 6.44. The lowest BCUT2D eigenvalue weighted by Gasteiger charge is -2.17. The van der Waals surface area contributed by atoms with Crippen molar-refractivity contribution in [1.29, 1.82) is 0 Å². The summed E-state index contributed by atoms with van der Waals surface area (Å²) in [5.74, 6) is 0. The Kier molecular flexibility index (Phi) is 4.62. The van der Waals surface area contributed by atoms with Crippen molar-refractivity contribution in [3.63, 3.8) is 0 Å². The Morgan fingerprint density at radius 2 is 2.18 bits per heavy atom. The molecule has 1 aromatic carbocycles. The van der Waals surface area contributed by atoms with Crippen LogP contribution >= 0.6 is 22.6 Å². The smallest absolute Gasteiger partial charge is 0.0953 e. The maximum atomic E-state index is 5.19. The molecule has 0 bridgehead atoms. The van der Waals surface area contributed by atoms with E-state index in [0.717, 1.165) is 13.0 Å². The van der Waals surface area contributed by atoms with Crippen LogP contribution in [0.1, 0.15) is 30.5 Å². The maximum absolute atomic E-state index is 5.19. The average Bonchev–Trinajstić information content (AvgIpc) is 2.83. The number of benzene rings is 1. The summed E-state index contributed by atoms with van der Waals surface area (Å²) in [4.78, 5) is 0. The third-order valence-electron chi connectivity index (χ3n) is 2.66. The molecule has 1 atom stereocenters.